The zero-order valence-electron chi connectivity index (χ0n) is 18.1. The van der Waals surface area contributed by atoms with E-state index in [0.29, 0.717) is 5.84 Å². The van der Waals surface area contributed by atoms with Crippen LogP contribution in [0.3, 0.4) is 0 Å². The third-order valence-corrected chi connectivity index (χ3v) is 6.14. The van der Waals surface area contributed by atoms with E-state index in [9.17, 15) is 4.57 Å². The van der Waals surface area contributed by atoms with Crippen molar-refractivity contribution in [2.24, 2.45) is 4.76 Å². The summed E-state index contributed by atoms with van der Waals surface area (Å²) in [4.78, 5) is 0. The molecule has 0 spiro atoms. The van der Waals surface area contributed by atoms with Crippen LogP contribution < -0.4 is 5.32 Å². The van der Waals surface area contributed by atoms with Gasteiger partial charge in [0, 0.05) is 11.3 Å². The van der Waals surface area contributed by atoms with Crippen LogP contribution in [0.15, 0.2) is 126 Å². The van der Waals surface area contributed by atoms with Gasteiger partial charge in [0.2, 0.25) is 0 Å². The number of nitrogens with zero attached hydrogens (tertiary/aromatic N) is 1. The van der Waals surface area contributed by atoms with E-state index in [2.05, 4.69) is 10.1 Å². The van der Waals surface area contributed by atoms with Gasteiger partial charge < -0.3 is 5.32 Å². The second-order valence-electron chi connectivity index (χ2n) is 7.29. The first kappa shape index (κ1) is 22.7. The monoisotopic (exact) mass is 456 g/mol. The SMILES string of the molecule is O=P(/N=C(/Nc1ccccc1)c1ccccc1)(OCc1ccccc1)OCc1ccccc1. The van der Waals surface area contributed by atoms with Crippen LogP contribution in [0.1, 0.15) is 16.7 Å². The van der Waals surface area contributed by atoms with Crippen molar-refractivity contribution in [2.75, 3.05) is 5.32 Å². The lowest BCUT2D eigenvalue weighted by Crippen LogP contribution is -2.14. The normalized spacial score (nSPS) is 11.8. The molecule has 4 aromatic carbocycles. The van der Waals surface area contributed by atoms with Crippen LogP contribution in [0.2, 0.25) is 0 Å². The summed E-state index contributed by atoms with van der Waals surface area (Å²) in [5.41, 5.74) is 3.35. The van der Waals surface area contributed by atoms with Crippen molar-refractivity contribution >= 4 is 19.3 Å². The van der Waals surface area contributed by atoms with E-state index in [4.69, 9.17) is 9.05 Å². The van der Waals surface area contributed by atoms with Crippen molar-refractivity contribution in [1.82, 2.24) is 0 Å². The number of para-hydroxylation sites is 1. The maximum Gasteiger partial charge on any atom is 0.456 e. The van der Waals surface area contributed by atoms with Crippen LogP contribution in [0.5, 0.6) is 0 Å². The zero-order valence-corrected chi connectivity index (χ0v) is 19.0. The van der Waals surface area contributed by atoms with Crippen molar-refractivity contribution in [3.63, 3.8) is 0 Å². The molecule has 0 bridgehead atoms. The number of hydrogen-bond acceptors (Lipinski definition) is 3. The summed E-state index contributed by atoms with van der Waals surface area (Å²) in [5, 5.41) is 3.27. The fourth-order valence-corrected chi connectivity index (χ4v) is 4.31. The highest BCUT2D eigenvalue weighted by Gasteiger charge is 2.26. The second kappa shape index (κ2) is 11.4. The summed E-state index contributed by atoms with van der Waals surface area (Å²) >= 11 is 0. The number of nitrogens with one attached hydrogen (secondary N) is 1. The minimum Gasteiger partial charge on any atom is -0.340 e. The van der Waals surface area contributed by atoms with E-state index in [1.54, 1.807) is 0 Å². The van der Waals surface area contributed by atoms with Crippen LogP contribution in [-0.2, 0) is 26.8 Å². The highest BCUT2D eigenvalue weighted by molar-refractivity contribution is 7.52. The number of amidine groups is 1. The van der Waals surface area contributed by atoms with Crippen LogP contribution in [0, 0.1) is 0 Å². The highest BCUT2D eigenvalue weighted by Crippen LogP contribution is 2.52. The van der Waals surface area contributed by atoms with Gasteiger partial charge in [-0.3, -0.25) is 9.05 Å². The quantitative estimate of drug-likeness (QED) is 0.166. The van der Waals surface area contributed by atoms with Crippen LogP contribution in [0.4, 0.5) is 5.69 Å². The third kappa shape index (κ3) is 6.99. The Hall–Kier alpha value is -3.50. The Kier molecular flexibility index (Phi) is 7.83. The molecule has 5 nitrogen and oxygen atoms in total. The van der Waals surface area contributed by atoms with Crippen molar-refractivity contribution in [2.45, 2.75) is 13.2 Å². The summed E-state index contributed by atoms with van der Waals surface area (Å²) in [7, 11) is -3.88. The van der Waals surface area contributed by atoms with Gasteiger partial charge in [-0.25, -0.2) is 4.57 Å². The van der Waals surface area contributed by atoms with Gasteiger partial charge in [-0.15, -0.1) is 0 Å². The molecular weight excluding hydrogens is 431 g/mol. The van der Waals surface area contributed by atoms with Crippen molar-refractivity contribution in [3.05, 3.63) is 138 Å². The topological polar surface area (TPSA) is 59.9 Å². The number of hydrogen-bond donors (Lipinski definition) is 1. The molecule has 0 radical (unpaired) electrons. The van der Waals surface area contributed by atoms with Gasteiger partial charge in [0.1, 0.15) is 5.84 Å². The van der Waals surface area contributed by atoms with Crippen molar-refractivity contribution < 1.29 is 13.6 Å². The molecule has 0 atom stereocenters. The first-order chi connectivity index (χ1) is 16.2. The average Bonchev–Trinajstić information content (AvgIpc) is 2.88. The molecular formula is C27H25N2O3P. The number of benzene rings is 4. The first-order valence-electron chi connectivity index (χ1n) is 10.6. The summed E-state index contributed by atoms with van der Waals surface area (Å²) in [6.45, 7) is 0.230. The third-order valence-electron chi connectivity index (χ3n) is 4.78. The van der Waals surface area contributed by atoms with E-state index in [1.165, 1.54) is 0 Å². The minimum absolute atomic E-state index is 0.115. The standard InChI is InChI=1S/C27H25N2O3P/c30-33(31-21-23-13-5-1-6-14-23,32-22-24-15-7-2-8-16-24)29-27(25-17-9-3-10-18-25)28-26-19-11-4-12-20-26/h1-20H,21-22H2,(H,28,29,30). The van der Waals surface area contributed by atoms with E-state index < -0.39 is 7.75 Å². The average molecular weight is 456 g/mol. The molecule has 0 aliphatic carbocycles. The first-order valence-corrected chi connectivity index (χ1v) is 12.1. The fraction of sp³-hybridized carbons (Fsp3) is 0.0741. The van der Waals surface area contributed by atoms with E-state index in [-0.39, 0.29) is 13.2 Å². The lowest BCUT2D eigenvalue weighted by atomic mass is 10.2. The Morgan fingerprint density at radius 1 is 0.636 bits per heavy atom. The summed E-state index contributed by atoms with van der Waals surface area (Å²) in [6.07, 6.45) is 0. The predicted octanol–water partition coefficient (Wildman–Crippen LogP) is 7.09. The van der Waals surface area contributed by atoms with Crippen LogP contribution >= 0.6 is 7.75 Å². The molecule has 0 heterocycles. The van der Waals surface area contributed by atoms with Crippen molar-refractivity contribution in [1.29, 1.82) is 0 Å². The predicted molar refractivity (Wildman–Crippen MR) is 133 cm³/mol. The van der Waals surface area contributed by atoms with Crippen LogP contribution in [0.25, 0.3) is 0 Å². The fourth-order valence-electron chi connectivity index (χ4n) is 3.09. The molecule has 0 aliphatic heterocycles. The molecule has 0 aromatic heterocycles. The molecule has 166 valence electrons. The molecule has 0 saturated heterocycles. The Balaban J connectivity index is 1.65. The molecule has 4 rings (SSSR count). The van der Waals surface area contributed by atoms with E-state index in [1.807, 2.05) is 121 Å². The molecule has 6 heteroatoms. The summed E-state index contributed by atoms with van der Waals surface area (Å²) < 4.78 is 30.0. The number of rotatable bonds is 9. The highest BCUT2D eigenvalue weighted by atomic mass is 31.2. The molecule has 0 fully saturated rings. The summed E-state index contributed by atoms with van der Waals surface area (Å²) in [6, 6.07) is 38.2. The number of anilines is 1. The largest absolute Gasteiger partial charge is 0.456 e. The zero-order chi connectivity index (χ0) is 22.8. The second-order valence-corrected chi connectivity index (χ2v) is 8.95. The van der Waals surface area contributed by atoms with E-state index >= 15 is 0 Å². The molecule has 33 heavy (non-hydrogen) atoms. The van der Waals surface area contributed by atoms with Crippen LogP contribution in [-0.4, -0.2) is 5.84 Å². The maximum absolute atomic E-state index is 13.9. The molecule has 0 amide bonds. The Labute approximate surface area is 194 Å². The van der Waals surface area contributed by atoms with E-state index in [0.717, 1.165) is 22.4 Å². The van der Waals surface area contributed by atoms with Gasteiger partial charge in [0.25, 0.3) is 0 Å². The van der Waals surface area contributed by atoms with Gasteiger partial charge in [-0.05, 0) is 23.3 Å². The Morgan fingerprint density at radius 3 is 1.55 bits per heavy atom. The lowest BCUT2D eigenvalue weighted by molar-refractivity contribution is 0.192. The van der Waals surface area contributed by atoms with Gasteiger partial charge >= 0.3 is 7.75 Å². The molecule has 4 aromatic rings. The Bertz CT molecular complexity index is 1150. The van der Waals surface area contributed by atoms with Crippen molar-refractivity contribution in [3.8, 4) is 0 Å². The maximum atomic E-state index is 13.9. The van der Waals surface area contributed by atoms with Gasteiger partial charge in [-0.2, -0.15) is 4.76 Å². The van der Waals surface area contributed by atoms with Gasteiger partial charge in [0.15, 0.2) is 0 Å². The van der Waals surface area contributed by atoms with Gasteiger partial charge in [-0.1, -0.05) is 109 Å². The lowest BCUT2D eigenvalue weighted by Gasteiger charge is -2.17. The molecule has 0 unspecified atom stereocenters. The minimum atomic E-state index is -3.88. The smallest absolute Gasteiger partial charge is 0.340 e. The molecule has 1 N–H and O–H groups in total. The molecule has 0 aliphatic rings. The Morgan fingerprint density at radius 2 is 1.06 bits per heavy atom. The van der Waals surface area contributed by atoms with Gasteiger partial charge in [0.05, 0.1) is 13.2 Å². The summed E-state index contributed by atoms with van der Waals surface area (Å²) in [5.74, 6) is 0.409. The molecule has 0 saturated carbocycles.